The molecule has 1 aromatic carbocycles. The van der Waals surface area contributed by atoms with Gasteiger partial charge in [0, 0.05) is 37.8 Å². The van der Waals surface area contributed by atoms with Gasteiger partial charge in [0.25, 0.3) is 0 Å². The third-order valence-electron chi connectivity index (χ3n) is 3.06. The first kappa shape index (κ1) is 13.3. The van der Waals surface area contributed by atoms with Crippen molar-refractivity contribution in [3.05, 3.63) is 24.3 Å². The van der Waals surface area contributed by atoms with Gasteiger partial charge in [-0.1, -0.05) is 6.92 Å². The fraction of sp³-hybridized carbons (Fsp3) is 0.500. The van der Waals surface area contributed by atoms with E-state index in [0.29, 0.717) is 12.5 Å². The van der Waals surface area contributed by atoms with E-state index in [1.165, 1.54) is 0 Å². The van der Waals surface area contributed by atoms with Crippen LogP contribution in [-0.4, -0.2) is 39.8 Å². The molecule has 0 saturated carbocycles. The summed E-state index contributed by atoms with van der Waals surface area (Å²) in [5.74, 6) is 0.343. The summed E-state index contributed by atoms with van der Waals surface area (Å²) in [5, 5.41) is 8.95. The van der Waals surface area contributed by atoms with Crippen LogP contribution in [0.4, 0.5) is 5.69 Å². The van der Waals surface area contributed by atoms with Gasteiger partial charge in [0.1, 0.15) is 0 Å². The van der Waals surface area contributed by atoms with E-state index in [0.717, 1.165) is 18.8 Å². The topological polar surface area (TPSA) is 69.6 Å². The summed E-state index contributed by atoms with van der Waals surface area (Å²) < 4.78 is 25.9. The zero-order chi connectivity index (χ0) is 13.2. The zero-order valence-electron chi connectivity index (χ0n) is 10.3. The lowest BCUT2D eigenvalue weighted by Crippen LogP contribution is -2.48. The molecule has 0 aliphatic carbocycles. The van der Waals surface area contributed by atoms with Gasteiger partial charge in [0.2, 0.25) is 10.0 Å². The number of nitrogens with zero attached hydrogens (tertiary/aromatic N) is 1. The molecule has 1 fully saturated rings. The second kappa shape index (κ2) is 5.26. The zero-order valence-corrected chi connectivity index (χ0v) is 11.2. The fourth-order valence-corrected chi connectivity index (χ4v) is 3.05. The SMILES string of the molecule is CCNS(=O)(=O)c1ccc(N2CC(CO)C2)cc1. The molecule has 1 heterocycles. The monoisotopic (exact) mass is 270 g/mol. The molecule has 0 atom stereocenters. The number of aliphatic hydroxyl groups excluding tert-OH is 1. The number of hydrogen-bond acceptors (Lipinski definition) is 4. The van der Waals surface area contributed by atoms with Crippen molar-refractivity contribution in [3.8, 4) is 0 Å². The molecule has 0 bridgehead atoms. The maximum absolute atomic E-state index is 11.7. The van der Waals surface area contributed by atoms with Crippen LogP contribution in [0.25, 0.3) is 0 Å². The first-order valence-corrected chi connectivity index (χ1v) is 7.50. The highest BCUT2D eigenvalue weighted by atomic mass is 32.2. The standard InChI is InChI=1S/C12H18N2O3S/c1-2-13-18(16,17)12-5-3-11(4-6-12)14-7-10(8-14)9-15/h3-6,10,13,15H,2,7-9H2,1H3. The van der Waals surface area contributed by atoms with Crippen LogP contribution < -0.4 is 9.62 Å². The Balaban J connectivity index is 2.07. The van der Waals surface area contributed by atoms with Crippen molar-refractivity contribution >= 4 is 15.7 Å². The number of benzene rings is 1. The molecular formula is C12H18N2O3S. The highest BCUT2D eigenvalue weighted by molar-refractivity contribution is 7.89. The second-order valence-corrected chi connectivity index (χ2v) is 6.22. The van der Waals surface area contributed by atoms with Crippen molar-refractivity contribution in [2.45, 2.75) is 11.8 Å². The number of sulfonamides is 1. The van der Waals surface area contributed by atoms with Crippen LogP contribution in [0.15, 0.2) is 29.2 Å². The smallest absolute Gasteiger partial charge is 0.240 e. The minimum absolute atomic E-state index is 0.212. The van der Waals surface area contributed by atoms with Crippen LogP contribution in [0, 0.1) is 5.92 Å². The number of aliphatic hydroxyl groups is 1. The lowest BCUT2D eigenvalue weighted by atomic mass is 10.0. The Kier molecular flexibility index (Phi) is 3.89. The first-order valence-electron chi connectivity index (χ1n) is 6.02. The van der Waals surface area contributed by atoms with E-state index in [-0.39, 0.29) is 11.5 Å². The predicted octanol–water partition coefficient (Wildman–Crippen LogP) is 0.413. The van der Waals surface area contributed by atoms with Crippen LogP contribution in [-0.2, 0) is 10.0 Å². The first-order chi connectivity index (χ1) is 8.56. The van der Waals surface area contributed by atoms with Gasteiger partial charge >= 0.3 is 0 Å². The highest BCUT2D eigenvalue weighted by Gasteiger charge is 2.26. The Morgan fingerprint density at radius 2 is 1.94 bits per heavy atom. The molecule has 1 saturated heterocycles. The average Bonchev–Trinajstić information content (AvgIpc) is 2.28. The van der Waals surface area contributed by atoms with E-state index < -0.39 is 10.0 Å². The van der Waals surface area contributed by atoms with Crippen LogP contribution in [0.1, 0.15) is 6.92 Å². The summed E-state index contributed by atoms with van der Waals surface area (Å²) in [6.07, 6.45) is 0. The molecule has 1 aliphatic heterocycles. The van der Waals surface area contributed by atoms with Gasteiger partial charge in [-0.3, -0.25) is 0 Å². The van der Waals surface area contributed by atoms with Crippen LogP contribution in [0.2, 0.25) is 0 Å². The van der Waals surface area contributed by atoms with E-state index in [1.54, 1.807) is 31.2 Å². The average molecular weight is 270 g/mol. The van der Waals surface area contributed by atoms with Gasteiger partial charge in [-0.05, 0) is 24.3 Å². The van der Waals surface area contributed by atoms with E-state index in [1.807, 2.05) is 0 Å². The Morgan fingerprint density at radius 3 is 2.44 bits per heavy atom. The molecule has 100 valence electrons. The molecule has 1 aromatic rings. The predicted molar refractivity (Wildman–Crippen MR) is 70.1 cm³/mol. The second-order valence-electron chi connectivity index (χ2n) is 4.45. The van der Waals surface area contributed by atoms with Crippen LogP contribution >= 0.6 is 0 Å². The van der Waals surface area contributed by atoms with Crippen molar-refractivity contribution in [2.75, 3.05) is 31.1 Å². The molecule has 18 heavy (non-hydrogen) atoms. The van der Waals surface area contributed by atoms with Crippen LogP contribution in [0.5, 0.6) is 0 Å². The third-order valence-corrected chi connectivity index (χ3v) is 4.62. The summed E-state index contributed by atoms with van der Waals surface area (Å²) in [6.45, 7) is 4.00. The summed E-state index contributed by atoms with van der Waals surface area (Å²) in [5.41, 5.74) is 0.996. The van der Waals surface area contributed by atoms with Gasteiger partial charge in [-0.25, -0.2) is 13.1 Å². The van der Waals surface area contributed by atoms with Crippen molar-refractivity contribution in [2.24, 2.45) is 5.92 Å². The molecule has 5 nitrogen and oxygen atoms in total. The summed E-state index contributed by atoms with van der Waals surface area (Å²) in [6, 6.07) is 6.83. The van der Waals surface area contributed by atoms with E-state index in [4.69, 9.17) is 5.11 Å². The Morgan fingerprint density at radius 1 is 1.33 bits per heavy atom. The number of anilines is 1. The van der Waals surface area contributed by atoms with E-state index in [2.05, 4.69) is 9.62 Å². The largest absolute Gasteiger partial charge is 0.396 e. The van der Waals surface area contributed by atoms with Crippen molar-refractivity contribution in [1.82, 2.24) is 4.72 Å². The molecule has 0 radical (unpaired) electrons. The lowest BCUT2D eigenvalue weighted by Gasteiger charge is -2.40. The number of nitrogens with one attached hydrogen (secondary N) is 1. The van der Waals surface area contributed by atoms with Crippen molar-refractivity contribution < 1.29 is 13.5 Å². The molecule has 6 heteroatoms. The molecule has 2 N–H and O–H groups in total. The lowest BCUT2D eigenvalue weighted by molar-refractivity contribution is 0.201. The summed E-state index contributed by atoms with van der Waals surface area (Å²) in [7, 11) is -3.37. The normalized spacial score (nSPS) is 16.7. The molecular weight excluding hydrogens is 252 g/mol. The van der Waals surface area contributed by atoms with Crippen LogP contribution in [0.3, 0.4) is 0 Å². The number of rotatable bonds is 5. The molecule has 0 unspecified atom stereocenters. The fourth-order valence-electron chi connectivity index (χ4n) is 2.01. The molecule has 0 spiro atoms. The van der Waals surface area contributed by atoms with Gasteiger partial charge < -0.3 is 10.0 Å². The summed E-state index contributed by atoms with van der Waals surface area (Å²) >= 11 is 0. The summed E-state index contributed by atoms with van der Waals surface area (Å²) in [4.78, 5) is 2.40. The van der Waals surface area contributed by atoms with E-state index >= 15 is 0 Å². The molecule has 0 aromatic heterocycles. The number of hydrogen-bond donors (Lipinski definition) is 2. The Hall–Kier alpha value is -1.11. The van der Waals surface area contributed by atoms with E-state index in [9.17, 15) is 8.42 Å². The minimum atomic E-state index is -3.37. The van der Waals surface area contributed by atoms with Gasteiger partial charge in [-0.2, -0.15) is 0 Å². The molecule has 2 rings (SSSR count). The third kappa shape index (κ3) is 2.66. The Labute approximate surface area is 107 Å². The maximum Gasteiger partial charge on any atom is 0.240 e. The molecule has 1 aliphatic rings. The maximum atomic E-state index is 11.7. The molecule has 0 amide bonds. The quantitative estimate of drug-likeness (QED) is 0.813. The van der Waals surface area contributed by atoms with Gasteiger partial charge in [0.15, 0.2) is 0 Å². The van der Waals surface area contributed by atoms with Gasteiger partial charge in [0.05, 0.1) is 4.90 Å². The Bertz CT molecular complexity index is 493. The highest BCUT2D eigenvalue weighted by Crippen LogP contribution is 2.25. The van der Waals surface area contributed by atoms with Gasteiger partial charge in [-0.15, -0.1) is 0 Å². The minimum Gasteiger partial charge on any atom is -0.396 e. The van der Waals surface area contributed by atoms with Crippen molar-refractivity contribution in [3.63, 3.8) is 0 Å². The van der Waals surface area contributed by atoms with Crippen molar-refractivity contribution in [1.29, 1.82) is 0 Å².